The van der Waals surface area contributed by atoms with Gasteiger partial charge < -0.3 is 15.5 Å². The highest BCUT2D eigenvalue weighted by atomic mass is 19.1. The van der Waals surface area contributed by atoms with E-state index in [0.29, 0.717) is 11.3 Å². The molecule has 2 aromatic rings. The Morgan fingerprint density at radius 1 is 1.24 bits per heavy atom. The molecule has 3 N–H and O–H groups in total. The molecule has 0 heterocycles. The monoisotopic (exact) mass is 285 g/mol. The maximum Gasteiger partial charge on any atom is 0.259 e. The molecule has 1 amide bonds. The first kappa shape index (κ1) is 14.6. The van der Waals surface area contributed by atoms with Gasteiger partial charge in [-0.1, -0.05) is 17.9 Å². The predicted octanol–water partition coefficient (Wildman–Crippen LogP) is 2.13. The number of amides is 1. The normalized spacial score (nSPS) is 9.62. The highest BCUT2D eigenvalue weighted by Gasteiger charge is 2.12. The van der Waals surface area contributed by atoms with Gasteiger partial charge in [0.25, 0.3) is 5.91 Å². The molecule has 0 saturated heterocycles. The van der Waals surface area contributed by atoms with E-state index < -0.39 is 11.7 Å². The third-order valence-corrected chi connectivity index (χ3v) is 2.64. The van der Waals surface area contributed by atoms with Gasteiger partial charge in [-0.15, -0.1) is 0 Å². The topological polar surface area (TPSA) is 69.6 Å². The van der Waals surface area contributed by atoms with E-state index in [9.17, 15) is 14.3 Å². The number of carbonyl (C=O) groups excluding carboxylic acids is 1. The molecule has 0 saturated carbocycles. The lowest BCUT2D eigenvalue weighted by molar-refractivity contribution is 0.102. The number of aromatic hydroxyl groups is 1. The second-order valence-corrected chi connectivity index (χ2v) is 4.16. The van der Waals surface area contributed by atoms with E-state index in [4.69, 9.17) is 5.11 Å². The molecular weight excluding hydrogens is 273 g/mol. The highest BCUT2D eigenvalue weighted by molar-refractivity contribution is 6.06. The lowest BCUT2D eigenvalue weighted by Gasteiger charge is -2.07. The fourth-order valence-corrected chi connectivity index (χ4v) is 1.70. The van der Waals surface area contributed by atoms with Crippen molar-refractivity contribution in [3.8, 4) is 17.6 Å². The largest absolute Gasteiger partial charge is 0.507 e. The van der Waals surface area contributed by atoms with Crippen LogP contribution in [0.25, 0.3) is 0 Å². The van der Waals surface area contributed by atoms with Crippen LogP contribution in [0.5, 0.6) is 5.75 Å². The van der Waals surface area contributed by atoms with E-state index >= 15 is 0 Å². The minimum atomic E-state index is -0.626. The van der Waals surface area contributed by atoms with E-state index in [2.05, 4.69) is 17.2 Å². The molecule has 2 rings (SSSR count). The number of rotatable bonds is 2. The van der Waals surface area contributed by atoms with Gasteiger partial charge in [0.2, 0.25) is 0 Å². The van der Waals surface area contributed by atoms with Crippen molar-refractivity contribution in [3.63, 3.8) is 0 Å². The molecule has 2 aromatic carbocycles. The molecule has 0 bridgehead atoms. The summed E-state index contributed by atoms with van der Waals surface area (Å²) >= 11 is 0. The Labute approximate surface area is 120 Å². The van der Waals surface area contributed by atoms with Crippen molar-refractivity contribution in [2.24, 2.45) is 0 Å². The molecule has 0 fully saturated rings. The third-order valence-electron chi connectivity index (χ3n) is 2.64. The Balaban J connectivity index is 2.21. The molecule has 21 heavy (non-hydrogen) atoms. The van der Waals surface area contributed by atoms with Crippen LogP contribution in [-0.4, -0.2) is 22.7 Å². The zero-order chi connectivity index (χ0) is 15.2. The number of nitrogens with one attached hydrogen (secondary N) is 1. The smallest absolute Gasteiger partial charge is 0.259 e. The van der Waals surface area contributed by atoms with Gasteiger partial charge >= 0.3 is 0 Å². The van der Waals surface area contributed by atoms with Gasteiger partial charge in [0, 0.05) is 11.3 Å². The number of phenols is 1. The molecule has 0 aliphatic heterocycles. The van der Waals surface area contributed by atoms with E-state index in [-0.39, 0.29) is 17.9 Å². The van der Waals surface area contributed by atoms with Crippen LogP contribution in [-0.2, 0) is 0 Å². The van der Waals surface area contributed by atoms with Crippen molar-refractivity contribution in [3.05, 3.63) is 59.4 Å². The summed E-state index contributed by atoms with van der Waals surface area (Å²) in [6.07, 6.45) is 0. The van der Waals surface area contributed by atoms with Gasteiger partial charge in [0.1, 0.15) is 18.2 Å². The van der Waals surface area contributed by atoms with Crippen LogP contribution in [0.4, 0.5) is 10.1 Å². The fourth-order valence-electron chi connectivity index (χ4n) is 1.70. The van der Waals surface area contributed by atoms with Crippen molar-refractivity contribution < 1.29 is 19.4 Å². The van der Waals surface area contributed by atoms with Crippen molar-refractivity contribution in [2.45, 2.75) is 0 Å². The molecule has 0 unspecified atom stereocenters. The lowest BCUT2D eigenvalue weighted by atomic mass is 10.1. The molecule has 106 valence electrons. The second-order valence-electron chi connectivity index (χ2n) is 4.16. The fraction of sp³-hybridized carbons (Fsp3) is 0.0625. The molecule has 5 heteroatoms. The van der Waals surface area contributed by atoms with E-state index in [1.165, 1.54) is 0 Å². The number of benzene rings is 2. The Morgan fingerprint density at radius 2 is 2.05 bits per heavy atom. The van der Waals surface area contributed by atoms with Gasteiger partial charge in [-0.25, -0.2) is 4.39 Å². The average molecular weight is 285 g/mol. The van der Waals surface area contributed by atoms with Crippen LogP contribution in [0.2, 0.25) is 0 Å². The number of anilines is 1. The Kier molecular flexibility index (Phi) is 4.54. The molecule has 0 radical (unpaired) electrons. The minimum absolute atomic E-state index is 0.151. The van der Waals surface area contributed by atoms with E-state index in [0.717, 1.165) is 18.2 Å². The minimum Gasteiger partial charge on any atom is -0.507 e. The van der Waals surface area contributed by atoms with Crippen LogP contribution in [0.3, 0.4) is 0 Å². The summed E-state index contributed by atoms with van der Waals surface area (Å²) in [5.41, 5.74) is 0.917. The summed E-state index contributed by atoms with van der Waals surface area (Å²) in [4.78, 5) is 12.0. The number of phenolic OH excluding ortho intramolecular Hbond substituents is 1. The predicted molar refractivity (Wildman–Crippen MR) is 76.4 cm³/mol. The molecule has 0 spiro atoms. The first-order chi connectivity index (χ1) is 10.1. The summed E-state index contributed by atoms with van der Waals surface area (Å²) in [6, 6.07) is 9.79. The molecular formula is C16H12FNO3. The second kappa shape index (κ2) is 6.55. The van der Waals surface area contributed by atoms with E-state index in [1.54, 1.807) is 24.3 Å². The van der Waals surface area contributed by atoms with Crippen LogP contribution in [0.15, 0.2) is 42.5 Å². The maximum atomic E-state index is 13.1. The Morgan fingerprint density at radius 3 is 2.81 bits per heavy atom. The standard InChI is InChI=1S/C16H12FNO3/c17-12-6-7-15(20)14(10-12)16(21)18-13-5-1-3-11(9-13)4-2-8-19/h1,3,5-7,9-10,19-20H,8H2,(H,18,21). The van der Waals surface area contributed by atoms with Crippen LogP contribution < -0.4 is 5.32 Å². The molecule has 0 aliphatic rings. The molecule has 0 aliphatic carbocycles. The van der Waals surface area contributed by atoms with Gasteiger partial charge in [0.15, 0.2) is 0 Å². The first-order valence-electron chi connectivity index (χ1n) is 6.10. The van der Waals surface area contributed by atoms with Crippen LogP contribution in [0, 0.1) is 17.7 Å². The zero-order valence-electron chi connectivity index (χ0n) is 10.9. The summed E-state index contributed by atoms with van der Waals surface area (Å²) in [5.74, 6) is 3.67. The molecule has 4 nitrogen and oxygen atoms in total. The quantitative estimate of drug-likeness (QED) is 0.740. The molecule has 0 aromatic heterocycles. The van der Waals surface area contributed by atoms with E-state index in [1.807, 2.05) is 0 Å². The van der Waals surface area contributed by atoms with Gasteiger partial charge in [-0.3, -0.25) is 4.79 Å². The summed E-state index contributed by atoms with van der Waals surface area (Å²) < 4.78 is 13.1. The summed E-state index contributed by atoms with van der Waals surface area (Å²) in [6.45, 7) is -0.256. The Bertz CT molecular complexity index is 732. The number of carbonyl (C=O) groups is 1. The number of halogens is 1. The number of hydrogen-bond donors (Lipinski definition) is 3. The maximum absolute atomic E-state index is 13.1. The van der Waals surface area contributed by atoms with Crippen LogP contribution in [0.1, 0.15) is 15.9 Å². The first-order valence-corrected chi connectivity index (χ1v) is 6.10. The lowest BCUT2D eigenvalue weighted by Crippen LogP contribution is -2.12. The van der Waals surface area contributed by atoms with Crippen molar-refractivity contribution in [2.75, 3.05) is 11.9 Å². The summed E-state index contributed by atoms with van der Waals surface area (Å²) in [7, 11) is 0. The Hall–Kier alpha value is -2.84. The van der Waals surface area contributed by atoms with Crippen molar-refractivity contribution in [1.82, 2.24) is 0 Å². The number of aliphatic hydroxyl groups is 1. The number of aliphatic hydroxyl groups excluding tert-OH is 1. The van der Waals surface area contributed by atoms with Crippen molar-refractivity contribution in [1.29, 1.82) is 0 Å². The zero-order valence-corrected chi connectivity index (χ0v) is 10.9. The van der Waals surface area contributed by atoms with Gasteiger partial charge in [0.05, 0.1) is 5.56 Å². The highest BCUT2D eigenvalue weighted by Crippen LogP contribution is 2.20. The van der Waals surface area contributed by atoms with Crippen molar-refractivity contribution >= 4 is 11.6 Å². The third kappa shape index (κ3) is 3.81. The van der Waals surface area contributed by atoms with Crippen LogP contribution >= 0.6 is 0 Å². The van der Waals surface area contributed by atoms with Gasteiger partial charge in [-0.05, 0) is 36.4 Å². The molecule has 0 atom stereocenters. The number of hydrogen-bond acceptors (Lipinski definition) is 3. The summed E-state index contributed by atoms with van der Waals surface area (Å²) in [5, 5.41) is 20.8. The SMILES string of the molecule is O=C(Nc1cccc(C#CCO)c1)c1cc(F)ccc1O. The van der Waals surface area contributed by atoms with Gasteiger partial charge in [-0.2, -0.15) is 0 Å². The average Bonchev–Trinajstić information content (AvgIpc) is 2.48.